The van der Waals surface area contributed by atoms with E-state index in [1.165, 1.54) is 0 Å². The van der Waals surface area contributed by atoms with E-state index in [0.29, 0.717) is 6.54 Å². The van der Waals surface area contributed by atoms with Gasteiger partial charge in [-0.2, -0.15) is 0 Å². The quantitative estimate of drug-likeness (QED) is 0.855. The Labute approximate surface area is 142 Å². The van der Waals surface area contributed by atoms with Crippen molar-refractivity contribution in [3.63, 3.8) is 0 Å². The van der Waals surface area contributed by atoms with Crippen LogP contribution < -0.4 is 0 Å². The van der Waals surface area contributed by atoms with Gasteiger partial charge >= 0.3 is 0 Å². The van der Waals surface area contributed by atoms with Crippen molar-refractivity contribution >= 4 is 15.7 Å². The summed E-state index contributed by atoms with van der Waals surface area (Å²) in [5.74, 6) is -0.260. The van der Waals surface area contributed by atoms with Crippen LogP contribution in [0.25, 0.3) is 0 Å². The summed E-state index contributed by atoms with van der Waals surface area (Å²) in [7, 11) is -3.43. The van der Waals surface area contributed by atoms with Crippen molar-refractivity contribution in [2.45, 2.75) is 37.8 Å². The summed E-state index contributed by atoms with van der Waals surface area (Å²) in [6.07, 6.45) is 2.02. The van der Waals surface area contributed by atoms with E-state index in [1.807, 2.05) is 32.2 Å². The van der Waals surface area contributed by atoms with Gasteiger partial charge in [0.15, 0.2) is 9.84 Å². The van der Waals surface area contributed by atoms with E-state index in [2.05, 4.69) is 4.57 Å². The summed E-state index contributed by atoms with van der Waals surface area (Å²) in [4.78, 5) is 14.6. The monoisotopic (exact) mass is 346 g/mol. The molecule has 1 amide bonds. The van der Waals surface area contributed by atoms with Crippen LogP contribution in [-0.4, -0.2) is 36.1 Å². The molecule has 128 valence electrons. The molecule has 0 radical (unpaired) electrons. The van der Waals surface area contributed by atoms with Gasteiger partial charge in [-0.1, -0.05) is 17.7 Å². The number of nitrogens with zero attached hydrogens (tertiary/aromatic N) is 2. The first-order valence-electron chi connectivity index (χ1n) is 8.12. The van der Waals surface area contributed by atoms with Crippen LogP contribution in [0.4, 0.5) is 0 Å². The number of sulfone groups is 1. The van der Waals surface area contributed by atoms with E-state index in [9.17, 15) is 13.2 Å². The van der Waals surface area contributed by atoms with Crippen molar-refractivity contribution in [2.75, 3.05) is 12.3 Å². The molecule has 1 aliphatic rings. The molecule has 24 heavy (non-hydrogen) atoms. The second-order valence-electron chi connectivity index (χ2n) is 6.27. The Morgan fingerprint density at radius 2 is 1.88 bits per heavy atom. The fraction of sp³-hybridized carbons (Fsp3) is 0.389. The average molecular weight is 346 g/mol. The second-order valence-corrected chi connectivity index (χ2v) is 8.38. The van der Waals surface area contributed by atoms with E-state index in [0.717, 1.165) is 17.8 Å². The van der Waals surface area contributed by atoms with Gasteiger partial charge in [0.1, 0.15) is 0 Å². The fourth-order valence-electron chi connectivity index (χ4n) is 3.15. The van der Waals surface area contributed by atoms with Gasteiger partial charge in [0.25, 0.3) is 0 Å². The Bertz CT molecular complexity index is 837. The number of aromatic nitrogens is 1. The maximum atomic E-state index is 12.5. The zero-order chi connectivity index (χ0) is 17.3. The van der Waals surface area contributed by atoms with Gasteiger partial charge in [-0.05, 0) is 38.1 Å². The maximum absolute atomic E-state index is 12.5. The normalized spacial score (nSPS) is 17.6. The molecule has 0 fully saturated rings. The molecule has 2 aromatic rings. The van der Waals surface area contributed by atoms with E-state index in [1.54, 1.807) is 29.2 Å². The van der Waals surface area contributed by atoms with Crippen LogP contribution in [0.2, 0.25) is 0 Å². The third-order valence-electron chi connectivity index (χ3n) is 4.63. The van der Waals surface area contributed by atoms with Crippen molar-refractivity contribution in [3.8, 4) is 0 Å². The van der Waals surface area contributed by atoms with E-state index >= 15 is 0 Å². The summed E-state index contributed by atoms with van der Waals surface area (Å²) in [6, 6.07) is 10.7. The molecule has 1 aliphatic heterocycles. The average Bonchev–Trinajstić information content (AvgIpc) is 3.03. The first kappa shape index (κ1) is 16.8. The summed E-state index contributed by atoms with van der Waals surface area (Å²) in [6.45, 7) is 5.26. The van der Waals surface area contributed by atoms with Gasteiger partial charge < -0.3 is 9.47 Å². The number of hydrogen-bond acceptors (Lipinski definition) is 3. The standard InChI is InChI=1S/C18H22N2O3S/c1-14-5-7-16(8-6-14)24(22,23)13-9-18(21)20-12-11-19-10-3-4-17(19)15(20)2/h3-8,10,15H,9,11-13H2,1-2H3/t15-/m0/s1. The highest BCUT2D eigenvalue weighted by molar-refractivity contribution is 7.91. The van der Waals surface area contributed by atoms with Crippen molar-refractivity contribution < 1.29 is 13.2 Å². The van der Waals surface area contributed by atoms with Crippen molar-refractivity contribution in [1.29, 1.82) is 0 Å². The molecule has 6 heteroatoms. The minimum atomic E-state index is -3.43. The van der Waals surface area contributed by atoms with E-state index in [4.69, 9.17) is 0 Å². The highest BCUT2D eigenvalue weighted by Crippen LogP contribution is 2.26. The van der Waals surface area contributed by atoms with Gasteiger partial charge in [-0.3, -0.25) is 4.79 Å². The van der Waals surface area contributed by atoms with Crippen LogP contribution in [0.15, 0.2) is 47.5 Å². The van der Waals surface area contributed by atoms with Gasteiger partial charge in [0, 0.05) is 31.4 Å². The lowest BCUT2D eigenvalue weighted by molar-refractivity contribution is -0.134. The predicted octanol–water partition coefficient (Wildman–Crippen LogP) is 2.56. The molecule has 0 N–H and O–H groups in total. The fourth-order valence-corrected chi connectivity index (χ4v) is 4.38. The van der Waals surface area contributed by atoms with Gasteiger partial charge in [-0.25, -0.2) is 8.42 Å². The molecule has 1 aromatic carbocycles. The van der Waals surface area contributed by atoms with Crippen molar-refractivity contribution in [3.05, 3.63) is 53.9 Å². The van der Waals surface area contributed by atoms with Gasteiger partial charge in [0.05, 0.1) is 16.7 Å². The SMILES string of the molecule is Cc1ccc(S(=O)(=O)CCC(=O)N2CCn3cccc3[C@@H]2C)cc1. The molecule has 1 aromatic heterocycles. The van der Waals surface area contributed by atoms with Gasteiger partial charge in [0.2, 0.25) is 5.91 Å². The van der Waals surface area contributed by atoms with Crippen molar-refractivity contribution in [1.82, 2.24) is 9.47 Å². The number of carbonyl (C=O) groups excluding carboxylic acids is 1. The molecule has 0 aliphatic carbocycles. The molecule has 0 bridgehead atoms. The number of hydrogen-bond donors (Lipinski definition) is 0. The third-order valence-corrected chi connectivity index (χ3v) is 6.36. The summed E-state index contributed by atoms with van der Waals surface area (Å²) in [5, 5.41) is 0. The zero-order valence-corrected chi connectivity index (χ0v) is 14.8. The molecule has 2 heterocycles. The Balaban J connectivity index is 1.66. The number of fused-ring (bicyclic) bond motifs is 1. The highest BCUT2D eigenvalue weighted by atomic mass is 32.2. The first-order chi connectivity index (χ1) is 11.4. The molecule has 3 rings (SSSR count). The molecule has 1 atom stereocenters. The zero-order valence-electron chi connectivity index (χ0n) is 14.0. The minimum Gasteiger partial charge on any atom is -0.348 e. The Kier molecular flexibility index (Phi) is 4.49. The van der Waals surface area contributed by atoms with Gasteiger partial charge in [-0.15, -0.1) is 0 Å². The van der Waals surface area contributed by atoms with Crippen LogP contribution in [0.1, 0.15) is 30.6 Å². The number of aryl methyl sites for hydroxylation is 1. The number of rotatable bonds is 4. The summed E-state index contributed by atoms with van der Waals surface area (Å²) < 4.78 is 26.9. The minimum absolute atomic E-state index is 0.0151. The number of benzene rings is 1. The molecule has 5 nitrogen and oxygen atoms in total. The molecule has 0 spiro atoms. The van der Waals surface area contributed by atoms with Crippen LogP contribution >= 0.6 is 0 Å². The largest absolute Gasteiger partial charge is 0.348 e. The molecule has 0 saturated carbocycles. The van der Waals surface area contributed by atoms with Crippen LogP contribution in [0, 0.1) is 6.92 Å². The first-order valence-corrected chi connectivity index (χ1v) is 9.77. The second kappa shape index (κ2) is 6.43. The van der Waals surface area contributed by atoms with Crippen molar-refractivity contribution in [2.24, 2.45) is 0 Å². The molecular formula is C18H22N2O3S. The highest BCUT2D eigenvalue weighted by Gasteiger charge is 2.28. The lowest BCUT2D eigenvalue weighted by Crippen LogP contribution is -2.41. The van der Waals surface area contributed by atoms with E-state index in [-0.39, 0.29) is 29.0 Å². The number of amides is 1. The summed E-state index contributed by atoms with van der Waals surface area (Å²) >= 11 is 0. The maximum Gasteiger partial charge on any atom is 0.224 e. The lowest BCUT2D eigenvalue weighted by Gasteiger charge is -2.35. The predicted molar refractivity (Wildman–Crippen MR) is 92.4 cm³/mol. The van der Waals surface area contributed by atoms with Crippen LogP contribution in [0.5, 0.6) is 0 Å². The van der Waals surface area contributed by atoms with Crippen LogP contribution in [0.3, 0.4) is 0 Å². The number of carbonyl (C=O) groups is 1. The van der Waals surface area contributed by atoms with E-state index < -0.39 is 9.84 Å². The summed E-state index contributed by atoms with van der Waals surface area (Å²) in [5.41, 5.74) is 2.10. The lowest BCUT2D eigenvalue weighted by atomic mass is 10.1. The Morgan fingerprint density at radius 3 is 2.58 bits per heavy atom. The Hall–Kier alpha value is -2.08. The third kappa shape index (κ3) is 3.24. The molecule has 0 saturated heterocycles. The van der Waals surface area contributed by atoms with Crippen LogP contribution in [-0.2, 0) is 21.2 Å². The topological polar surface area (TPSA) is 59.4 Å². The smallest absolute Gasteiger partial charge is 0.224 e. The molecule has 0 unspecified atom stereocenters. The Morgan fingerprint density at radius 1 is 1.17 bits per heavy atom. The molecular weight excluding hydrogens is 324 g/mol.